The molecule has 2 aromatic rings. The highest BCUT2D eigenvalue weighted by atomic mass is 127. The van der Waals surface area contributed by atoms with Crippen LogP contribution in [0.3, 0.4) is 0 Å². The van der Waals surface area contributed by atoms with Crippen molar-refractivity contribution in [3.63, 3.8) is 0 Å². The van der Waals surface area contributed by atoms with Gasteiger partial charge in [0.05, 0.1) is 5.69 Å². The lowest BCUT2D eigenvalue weighted by Gasteiger charge is -2.07. The molecule has 1 heterocycles. The largest absolute Gasteiger partial charge is 0.375 e. The van der Waals surface area contributed by atoms with Gasteiger partial charge in [-0.2, -0.15) is 0 Å². The third-order valence-corrected chi connectivity index (χ3v) is 5.11. The zero-order valence-electron chi connectivity index (χ0n) is 10.7. The van der Waals surface area contributed by atoms with E-state index >= 15 is 0 Å². The van der Waals surface area contributed by atoms with Crippen LogP contribution in [0.5, 0.6) is 0 Å². The van der Waals surface area contributed by atoms with Crippen LogP contribution in [0.2, 0.25) is 0 Å². The Morgan fingerprint density at radius 1 is 1.39 bits per heavy atom. The van der Waals surface area contributed by atoms with Crippen molar-refractivity contribution in [2.75, 3.05) is 5.73 Å². The molecule has 2 nitrogen and oxygen atoms in total. The van der Waals surface area contributed by atoms with Crippen molar-refractivity contribution >= 4 is 39.1 Å². The zero-order valence-corrected chi connectivity index (χ0v) is 13.6. The average molecular weight is 372 g/mol. The van der Waals surface area contributed by atoms with E-state index in [0.29, 0.717) is 5.13 Å². The second-order valence-electron chi connectivity index (χ2n) is 4.37. The molecule has 0 aliphatic heterocycles. The molecule has 1 aromatic carbocycles. The van der Waals surface area contributed by atoms with Gasteiger partial charge < -0.3 is 5.73 Å². The predicted molar refractivity (Wildman–Crippen MR) is 87.2 cm³/mol. The van der Waals surface area contributed by atoms with Gasteiger partial charge in [-0.1, -0.05) is 25.5 Å². The highest BCUT2D eigenvalue weighted by molar-refractivity contribution is 14.1. The first kappa shape index (κ1) is 13.8. The molecule has 0 saturated heterocycles. The normalized spacial score (nSPS) is 10.8. The lowest BCUT2D eigenvalue weighted by Crippen LogP contribution is -1.96. The molecule has 0 aliphatic rings. The molecular formula is C14H17IN2S. The van der Waals surface area contributed by atoms with Gasteiger partial charge in [0.15, 0.2) is 5.13 Å². The van der Waals surface area contributed by atoms with Crippen molar-refractivity contribution in [2.45, 2.75) is 33.1 Å². The Bertz CT molecular complexity index is 549. The number of aryl methyl sites for hydroxylation is 1. The van der Waals surface area contributed by atoms with E-state index in [1.807, 2.05) is 0 Å². The lowest BCUT2D eigenvalue weighted by atomic mass is 10.0. The predicted octanol–water partition coefficient (Wildman–Crippen LogP) is 4.18. The second kappa shape index (κ2) is 6.02. The smallest absolute Gasteiger partial charge is 0.180 e. The summed E-state index contributed by atoms with van der Waals surface area (Å²) in [5, 5.41) is 0.691. The van der Waals surface area contributed by atoms with Gasteiger partial charge >= 0.3 is 0 Å². The van der Waals surface area contributed by atoms with Crippen LogP contribution >= 0.6 is 33.9 Å². The standard InChI is InChI=1S/C14H17IN2S/c1-3-5-12-13(18-14(16)17-12)8-10-6-4-7-11(15)9(10)2/h4,6-7H,3,5,8H2,1-2H3,(H2,16,17). The molecule has 0 bridgehead atoms. The number of thiazole rings is 1. The Morgan fingerprint density at radius 2 is 2.17 bits per heavy atom. The highest BCUT2D eigenvalue weighted by Gasteiger charge is 2.11. The summed E-state index contributed by atoms with van der Waals surface area (Å²) in [6.07, 6.45) is 3.08. The third-order valence-electron chi connectivity index (χ3n) is 3.01. The van der Waals surface area contributed by atoms with Gasteiger partial charge in [-0.15, -0.1) is 11.3 Å². The number of rotatable bonds is 4. The van der Waals surface area contributed by atoms with E-state index in [1.54, 1.807) is 11.3 Å². The molecule has 96 valence electrons. The number of aromatic nitrogens is 1. The molecule has 18 heavy (non-hydrogen) atoms. The Labute approximate surface area is 126 Å². The van der Waals surface area contributed by atoms with Crippen LogP contribution < -0.4 is 5.73 Å². The fraction of sp³-hybridized carbons (Fsp3) is 0.357. The molecule has 0 atom stereocenters. The van der Waals surface area contributed by atoms with Crippen molar-refractivity contribution < 1.29 is 0 Å². The van der Waals surface area contributed by atoms with Crippen molar-refractivity contribution in [1.82, 2.24) is 4.98 Å². The molecule has 2 rings (SSSR count). The van der Waals surface area contributed by atoms with Crippen molar-refractivity contribution in [1.29, 1.82) is 0 Å². The molecule has 0 radical (unpaired) electrons. The van der Waals surface area contributed by atoms with E-state index in [4.69, 9.17) is 5.73 Å². The summed E-state index contributed by atoms with van der Waals surface area (Å²) >= 11 is 4.01. The van der Waals surface area contributed by atoms with Gasteiger partial charge in [0, 0.05) is 14.9 Å². The molecule has 0 saturated carbocycles. The SMILES string of the molecule is CCCc1nc(N)sc1Cc1cccc(I)c1C. The van der Waals surface area contributed by atoms with Gasteiger partial charge in [-0.25, -0.2) is 4.98 Å². The maximum atomic E-state index is 5.84. The topological polar surface area (TPSA) is 38.9 Å². The summed E-state index contributed by atoms with van der Waals surface area (Å²) in [6, 6.07) is 6.46. The molecule has 2 N–H and O–H groups in total. The number of benzene rings is 1. The molecule has 0 unspecified atom stereocenters. The molecule has 0 amide bonds. The third kappa shape index (κ3) is 3.03. The number of halogens is 1. The molecule has 4 heteroatoms. The van der Waals surface area contributed by atoms with Crippen LogP contribution in [0.1, 0.15) is 35.0 Å². The van der Waals surface area contributed by atoms with Gasteiger partial charge in [0.1, 0.15) is 0 Å². The minimum Gasteiger partial charge on any atom is -0.375 e. The summed E-state index contributed by atoms with van der Waals surface area (Å²) in [6.45, 7) is 4.36. The maximum absolute atomic E-state index is 5.84. The van der Waals surface area contributed by atoms with E-state index in [9.17, 15) is 0 Å². The number of nitrogens with two attached hydrogens (primary N) is 1. The first-order chi connectivity index (χ1) is 8.61. The van der Waals surface area contributed by atoms with E-state index in [0.717, 1.165) is 19.3 Å². The van der Waals surface area contributed by atoms with Crippen molar-refractivity contribution in [3.8, 4) is 0 Å². The molecule has 0 aliphatic carbocycles. The fourth-order valence-corrected chi connectivity index (χ4v) is 3.45. The Hall–Kier alpha value is -0.620. The number of nitrogen functional groups attached to an aromatic ring is 1. The first-order valence-electron chi connectivity index (χ1n) is 6.09. The van der Waals surface area contributed by atoms with Crippen LogP contribution in [0.25, 0.3) is 0 Å². The van der Waals surface area contributed by atoms with Crippen LogP contribution in [-0.2, 0) is 12.8 Å². The number of hydrogen-bond donors (Lipinski definition) is 1. The quantitative estimate of drug-likeness (QED) is 0.818. The van der Waals surface area contributed by atoms with E-state index < -0.39 is 0 Å². The minimum absolute atomic E-state index is 0.691. The van der Waals surface area contributed by atoms with Crippen molar-refractivity contribution in [3.05, 3.63) is 43.5 Å². The minimum atomic E-state index is 0.691. The fourth-order valence-electron chi connectivity index (χ4n) is 1.99. The highest BCUT2D eigenvalue weighted by Crippen LogP contribution is 2.27. The van der Waals surface area contributed by atoms with E-state index in [1.165, 1.54) is 25.3 Å². The lowest BCUT2D eigenvalue weighted by molar-refractivity contribution is 0.879. The monoisotopic (exact) mass is 372 g/mol. The van der Waals surface area contributed by atoms with Crippen LogP contribution in [0.4, 0.5) is 5.13 Å². The summed E-state index contributed by atoms with van der Waals surface area (Å²) in [7, 11) is 0. The zero-order chi connectivity index (χ0) is 13.1. The van der Waals surface area contributed by atoms with Crippen LogP contribution in [0.15, 0.2) is 18.2 Å². The molecule has 0 spiro atoms. The molecule has 1 aromatic heterocycles. The van der Waals surface area contributed by atoms with E-state index in [2.05, 4.69) is 59.6 Å². The van der Waals surface area contributed by atoms with Crippen LogP contribution in [-0.4, -0.2) is 4.98 Å². The van der Waals surface area contributed by atoms with Gasteiger partial charge in [-0.3, -0.25) is 0 Å². The molecule has 0 fully saturated rings. The molecular weight excluding hydrogens is 355 g/mol. The summed E-state index contributed by atoms with van der Waals surface area (Å²) in [5.41, 5.74) is 9.76. The first-order valence-corrected chi connectivity index (χ1v) is 7.99. The van der Waals surface area contributed by atoms with Gasteiger partial charge in [-0.05, 0) is 53.1 Å². The van der Waals surface area contributed by atoms with Crippen molar-refractivity contribution in [2.24, 2.45) is 0 Å². The Morgan fingerprint density at radius 3 is 2.89 bits per heavy atom. The second-order valence-corrected chi connectivity index (χ2v) is 6.65. The summed E-state index contributed by atoms with van der Waals surface area (Å²) < 4.78 is 1.32. The number of nitrogens with zero attached hydrogens (tertiary/aromatic N) is 1. The van der Waals surface area contributed by atoms with Crippen LogP contribution in [0, 0.1) is 10.5 Å². The Balaban J connectivity index is 2.30. The maximum Gasteiger partial charge on any atom is 0.180 e. The number of hydrogen-bond acceptors (Lipinski definition) is 3. The van der Waals surface area contributed by atoms with Gasteiger partial charge in [0.25, 0.3) is 0 Å². The van der Waals surface area contributed by atoms with Gasteiger partial charge in [0.2, 0.25) is 0 Å². The Kier molecular flexibility index (Phi) is 4.61. The summed E-state index contributed by atoms with van der Waals surface area (Å²) in [4.78, 5) is 5.76. The average Bonchev–Trinajstić information content (AvgIpc) is 2.66. The summed E-state index contributed by atoms with van der Waals surface area (Å²) in [5.74, 6) is 0. The number of anilines is 1. The van der Waals surface area contributed by atoms with E-state index in [-0.39, 0.29) is 0 Å².